The highest BCUT2D eigenvalue weighted by atomic mass is 16.3. The molecule has 194 valence electrons. The molecule has 0 radical (unpaired) electrons. The molecule has 2 fully saturated rings. The van der Waals surface area contributed by atoms with Crippen molar-refractivity contribution in [1.29, 1.82) is 0 Å². The smallest absolute Gasteiger partial charge is 0.271 e. The first-order valence-electron chi connectivity index (χ1n) is 13.2. The molecule has 2 aliphatic rings. The van der Waals surface area contributed by atoms with Gasteiger partial charge in [-0.25, -0.2) is 4.98 Å². The molecular weight excluding hydrogens is 452 g/mol. The van der Waals surface area contributed by atoms with Crippen molar-refractivity contribution < 1.29 is 14.7 Å². The average molecular weight is 493 g/mol. The van der Waals surface area contributed by atoms with Crippen molar-refractivity contribution in [2.24, 2.45) is 29.1 Å². The molecule has 36 heavy (non-hydrogen) atoms. The SMILES string of the molecule is C[C@H]1[C@@H]2[C@@H](O)C([C@H](C)C(=O)N(C)CCc3ccccc3)CC[C@@]2(C)CC[C@@H]1NC(=O)c1cnccn1. The molecule has 2 aliphatic carbocycles. The summed E-state index contributed by atoms with van der Waals surface area (Å²) in [5, 5.41) is 14.8. The zero-order valence-corrected chi connectivity index (χ0v) is 21.9. The summed E-state index contributed by atoms with van der Waals surface area (Å²) < 4.78 is 0. The van der Waals surface area contributed by atoms with Crippen LogP contribution in [0, 0.1) is 29.1 Å². The van der Waals surface area contributed by atoms with Crippen LogP contribution in [-0.4, -0.2) is 57.5 Å². The van der Waals surface area contributed by atoms with E-state index < -0.39 is 6.10 Å². The van der Waals surface area contributed by atoms with E-state index in [9.17, 15) is 14.7 Å². The highest BCUT2D eigenvalue weighted by Gasteiger charge is 2.54. The Bertz CT molecular complexity index is 1030. The topological polar surface area (TPSA) is 95.4 Å². The molecule has 0 saturated heterocycles. The van der Waals surface area contributed by atoms with E-state index in [0.29, 0.717) is 12.2 Å². The van der Waals surface area contributed by atoms with Crippen molar-refractivity contribution in [3.8, 4) is 0 Å². The van der Waals surface area contributed by atoms with Crippen molar-refractivity contribution in [2.45, 2.75) is 65.0 Å². The summed E-state index contributed by atoms with van der Waals surface area (Å²) in [6.45, 7) is 7.03. The number of hydrogen-bond donors (Lipinski definition) is 2. The molecule has 7 nitrogen and oxygen atoms in total. The molecular formula is C29H40N4O3. The van der Waals surface area contributed by atoms with Gasteiger partial charge in [0.05, 0.1) is 12.3 Å². The van der Waals surface area contributed by atoms with Crippen LogP contribution < -0.4 is 5.32 Å². The van der Waals surface area contributed by atoms with E-state index in [2.05, 4.69) is 41.3 Å². The summed E-state index contributed by atoms with van der Waals surface area (Å²) in [5.74, 6) is -0.385. The fraction of sp³-hybridized carbons (Fsp3) is 0.586. The molecule has 0 bridgehead atoms. The van der Waals surface area contributed by atoms with E-state index in [1.54, 1.807) is 6.20 Å². The molecule has 2 saturated carbocycles. The number of fused-ring (bicyclic) bond motifs is 1. The molecule has 1 aromatic heterocycles. The van der Waals surface area contributed by atoms with E-state index >= 15 is 0 Å². The molecule has 1 heterocycles. The third-order valence-corrected chi connectivity index (χ3v) is 8.99. The standard InChI is InChI=1S/C29H40N4O3/c1-19(28(36)33(4)17-12-21-8-6-5-7-9-21)22-10-13-29(3)14-11-23(20(2)25(29)26(22)34)32-27(35)24-18-30-15-16-31-24/h5-9,15-16,18-20,22-23,25-26,34H,10-14,17H2,1-4H3,(H,32,35)/t19-,20+,22?,23-,25+,26-,29-/m0/s1. The van der Waals surface area contributed by atoms with Gasteiger partial charge in [-0.15, -0.1) is 0 Å². The predicted octanol–water partition coefficient (Wildman–Crippen LogP) is 3.74. The Morgan fingerprint density at radius 3 is 2.61 bits per heavy atom. The fourth-order valence-electron chi connectivity index (χ4n) is 6.74. The maximum Gasteiger partial charge on any atom is 0.271 e. The summed E-state index contributed by atoms with van der Waals surface area (Å²) in [5.41, 5.74) is 1.52. The van der Waals surface area contributed by atoms with Crippen LogP contribution >= 0.6 is 0 Å². The van der Waals surface area contributed by atoms with E-state index in [0.717, 1.165) is 32.1 Å². The number of nitrogens with zero attached hydrogens (tertiary/aromatic N) is 3. The van der Waals surface area contributed by atoms with Gasteiger partial charge in [0.25, 0.3) is 5.91 Å². The largest absolute Gasteiger partial charge is 0.392 e. The number of aliphatic hydroxyl groups excluding tert-OH is 1. The van der Waals surface area contributed by atoms with Gasteiger partial charge in [-0.1, -0.05) is 51.1 Å². The third-order valence-electron chi connectivity index (χ3n) is 8.99. The summed E-state index contributed by atoms with van der Waals surface area (Å²) in [7, 11) is 1.86. The van der Waals surface area contributed by atoms with Crippen molar-refractivity contribution in [1.82, 2.24) is 20.2 Å². The lowest BCUT2D eigenvalue weighted by Crippen LogP contribution is -2.58. The maximum absolute atomic E-state index is 13.3. The molecule has 0 aliphatic heterocycles. The Kier molecular flexibility index (Phi) is 8.08. The predicted molar refractivity (Wildman–Crippen MR) is 139 cm³/mol. The molecule has 1 aromatic carbocycles. The van der Waals surface area contributed by atoms with Crippen LogP contribution in [0.25, 0.3) is 0 Å². The maximum atomic E-state index is 13.3. The van der Waals surface area contributed by atoms with Crippen LogP contribution in [0.4, 0.5) is 0 Å². The van der Waals surface area contributed by atoms with E-state index in [4.69, 9.17) is 0 Å². The second kappa shape index (κ2) is 11.1. The van der Waals surface area contributed by atoms with Crippen LogP contribution in [-0.2, 0) is 11.2 Å². The van der Waals surface area contributed by atoms with Gasteiger partial charge < -0.3 is 15.3 Å². The second-order valence-corrected chi connectivity index (χ2v) is 11.2. The van der Waals surface area contributed by atoms with Crippen LogP contribution in [0.3, 0.4) is 0 Å². The number of aliphatic hydroxyl groups is 1. The Morgan fingerprint density at radius 1 is 1.19 bits per heavy atom. The summed E-state index contributed by atoms with van der Waals surface area (Å²) in [6.07, 6.45) is 8.40. The van der Waals surface area contributed by atoms with Gasteiger partial charge in [0, 0.05) is 37.9 Å². The zero-order chi connectivity index (χ0) is 25.9. The number of hydrogen-bond acceptors (Lipinski definition) is 5. The Hall–Kier alpha value is -2.80. The number of likely N-dealkylation sites (N-methyl/N-ethyl adjacent to an activating group) is 1. The molecule has 2 aromatic rings. The van der Waals surface area contributed by atoms with E-state index in [1.807, 2.05) is 37.1 Å². The van der Waals surface area contributed by atoms with Crippen LogP contribution in [0.2, 0.25) is 0 Å². The number of nitrogens with one attached hydrogen (secondary N) is 1. The van der Waals surface area contributed by atoms with Crippen molar-refractivity contribution in [3.63, 3.8) is 0 Å². The van der Waals surface area contributed by atoms with Crippen LogP contribution in [0.15, 0.2) is 48.9 Å². The highest BCUT2D eigenvalue weighted by molar-refractivity contribution is 5.92. The summed E-state index contributed by atoms with van der Waals surface area (Å²) in [4.78, 5) is 36.0. The molecule has 1 unspecified atom stereocenters. The molecule has 7 atom stereocenters. The summed E-state index contributed by atoms with van der Waals surface area (Å²) >= 11 is 0. The van der Waals surface area contributed by atoms with Crippen molar-refractivity contribution in [3.05, 3.63) is 60.2 Å². The number of amides is 2. The molecule has 2 amide bonds. The lowest BCUT2D eigenvalue weighted by Gasteiger charge is -2.56. The quantitative estimate of drug-likeness (QED) is 0.614. The zero-order valence-electron chi connectivity index (χ0n) is 21.9. The van der Waals surface area contributed by atoms with E-state index in [1.165, 1.54) is 18.0 Å². The van der Waals surface area contributed by atoms with Gasteiger partial charge in [0.15, 0.2) is 0 Å². The van der Waals surface area contributed by atoms with Gasteiger partial charge in [-0.3, -0.25) is 14.6 Å². The normalized spacial score (nSPS) is 30.6. The third kappa shape index (κ3) is 5.46. The first-order valence-corrected chi connectivity index (χ1v) is 13.2. The second-order valence-electron chi connectivity index (χ2n) is 11.2. The van der Waals surface area contributed by atoms with Crippen LogP contribution in [0.1, 0.15) is 62.5 Å². The van der Waals surface area contributed by atoms with Gasteiger partial charge in [-0.2, -0.15) is 0 Å². The number of carbonyl (C=O) groups excluding carboxylic acids is 2. The molecule has 2 N–H and O–H groups in total. The van der Waals surface area contributed by atoms with Crippen LogP contribution in [0.5, 0.6) is 0 Å². The minimum absolute atomic E-state index is 0.00505. The Balaban J connectivity index is 1.41. The lowest BCUT2D eigenvalue weighted by atomic mass is 9.51. The summed E-state index contributed by atoms with van der Waals surface area (Å²) in [6, 6.07) is 10.1. The lowest BCUT2D eigenvalue weighted by molar-refractivity contribution is -0.149. The minimum atomic E-state index is -0.587. The Labute approximate surface area is 214 Å². The minimum Gasteiger partial charge on any atom is -0.392 e. The number of carbonyl (C=O) groups is 2. The van der Waals surface area contributed by atoms with Gasteiger partial charge >= 0.3 is 0 Å². The monoisotopic (exact) mass is 492 g/mol. The van der Waals surface area contributed by atoms with Crippen molar-refractivity contribution in [2.75, 3.05) is 13.6 Å². The van der Waals surface area contributed by atoms with E-state index in [-0.39, 0.29) is 46.9 Å². The number of rotatable bonds is 7. The van der Waals surface area contributed by atoms with Gasteiger partial charge in [0.2, 0.25) is 5.91 Å². The fourth-order valence-corrected chi connectivity index (χ4v) is 6.74. The number of benzene rings is 1. The van der Waals surface area contributed by atoms with Gasteiger partial charge in [0.1, 0.15) is 5.69 Å². The number of aromatic nitrogens is 2. The molecule has 0 spiro atoms. The van der Waals surface area contributed by atoms with Gasteiger partial charge in [-0.05, 0) is 60.8 Å². The molecule has 4 rings (SSSR count). The average Bonchev–Trinajstić information content (AvgIpc) is 2.89. The van der Waals surface area contributed by atoms with Crippen molar-refractivity contribution >= 4 is 11.8 Å². The first-order chi connectivity index (χ1) is 17.2. The first kappa shape index (κ1) is 26.3. The highest BCUT2D eigenvalue weighted by Crippen LogP contribution is 2.55. The molecule has 7 heteroatoms. The Morgan fingerprint density at radius 2 is 1.92 bits per heavy atom.